The van der Waals surface area contributed by atoms with Gasteiger partial charge in [0.15, 0.2) is 0 Å². The van der Waals surface area contributed by atoms with Crippen molar-refractivity contribution in [1.82, 2.24) is 0 Å². The van der Waals surface area contributed by atoms with Crippen LogP contribution in [0.1, 0.15) is 5.56 Å². The lowest BCUT2D eigenvalue weighted by Crippen LogP contribution is -2.38. The van der Waals surface area contributed by atoms with E-state index >= 15 is 0 Å². The second-order valence-electron chi connectivity index (χ2n) is 6.67. The lowest BCUT2D eigenvalue weighted by molar-refractivity contribution is -0.114. The average molecular weight is 479 g/mol. The predicted octanol–water partition coefficient (Wildman–Crippen LogP) is 5.14. The molecule has 0 saturated carbocycles. The van der Waals surface area contributed by atoms with E-state index < -0.39 is 22.5 Å². The molecule has 9 heteroatoms. The molecule has 3 aromatic carbocycles. The molecule has 0 unspecified atom stereocenters. The van der Waals surface area contributed by atoms with Crippen LogP contribution in [0.3, 0.4) is 0 Å². The number of benzene rings is 3. The highest BCUT2D eigenvalue weighted by Gasteiger charge is 2.27. The van der Waals surface area contributed by atoms with E-state index in [0.29, 0.717) is 21.5 Å². The number of carbonyl (C=O) groups excluding carboxylic acids is 1. The molecule has 0 aliphatic heterocycles. The summed E-state index contributed by atoms with van der Waals surface area (Å²) in [4.78, 5) is 12.8. The third kappa shape index (κ3) is 5.50. The van der Waals surface area contributed by atoms with Crippen LogP contribution in [0.15, 0.2) is 71.6 Å². The summed E-state index contributed by atoms with van der Waals surface area (Å²) in [5.41, 5.74) is 1.57. The highest BCUT2D eigenvalue weighted by Crippen LogP contribution is 2.27. The van der Waals surface area contributed by atoms with Crippen LogP contribution in [0.25, 0.3) is 0 Å². The van der Waals surface area contributed by atoms with E-state index in [-0.39, 0.29) is 10.6 Å². The zero-order valence-corrected chi connectivity index (χ0v) is 19.1. The number of sulfonamides is 1. The number of halogens is 2. The van der Waals surface area contributed by atoms with Crippen molar-refractivity contribution in [3.63, 3.8) is 0 Å². The molecule has 0 aliphatic rings. The lowest BCUT2D eigenvalue weighted by Gasteiger charge is -2.24. The van der Waals surface area contributed by atoms with Gasteiger partial charge in [0.2, 0.25) is 5.91 Å². The normalized spacial score (nSPS) is 11.1. The van der Waals surface area contributed by atoms with Crippen molar-refractivity contribution in [2.24, 2.45) is 0 Å². The third-order valence-corrected chi connectivity index (χ3v) is 6.75. The summed E-state index contributed by atoms with van der Waals surface area (Å²) < 4.78 is 32.9. The van der Waals surface area contributed by atoms with Gasteiger partial charge in [-0.15, -0.1) is 0 Å². The molecule has 162 valence electrons. The number of carbonyl (C=O) groups is 1. The maximum atomic E-state index is 13.4. The summed E-state index contributed by atoms with van der Waals surface area (Å²) in [6, 6.07) is 17.3. The topological polar surface area (TPSA) is 75.7 Å². The maximum Gasteiger partial charge on any atom is 0.264 e. The Morgan fingerprint density at radius 1 is 1.00 bits per heavy atom. The standard InChI is InChI=1S/C22H20Cl2N2O4S/c1-15-12-17(24)6-11-21(15)25-22(27)14-26(18-5-3-4-16(23)13-18)31(28,29)20-9-7-19(30-2)8-10-20/h3-13H,14H2,1-2H3,(H,25,27). The van der Waals surface area contributed by atoms with Gasteiger partial charge in [0.25, 0.3) is 10.0 Å². The fourth-order valence-electron chi connectivity index (χ4n) is 2.91. The number of hydrogen-bond donors (Lipinski definition) is 1. The minimum atomic E-state index is -4.06. The zero-order valence-electron chi connectivity index (χ0n) is 16.8. The Bertz CT molecular complexity index is 1200. The summed E-state index contributed by atoms with van der Waals surface area (Å²) in [7, 11) is -2.57. The number of nitrogens with one attached hydrogen (secondary N) is 1. The van der Waals surface area contributed by atoms with Gasteiger partial charge in [-0.1, -0.05) is 29.3 Å². The van der Waals surface area contributed by atoms with Crippen molar-refractivity contribution < 1.29 is 17.9 Å². The smallest absolute Gasteiger partial charge is 0.264 e. The zero-order chi connectivity index (χ0) is 22.6. The first-order valence-corrected chi connectivity index (χ1v) is 11.4. The molecule has 0 heterocycles. The van der Waals surface area contributed by atoms with Crippen molar-refractivity contribution in [1.29, 1.82) is 0 Å². The number of hydrogen-bond acceptors (Lipinski definition) is 4. The van der Waals surface area contributed by atoms with Gasteiger partial charge in [-0.2, -0.15) is 0 Å². The molecular formula is C22H20Cl2N2O4S. The van der Waals surface area contributed by atoms with Gasteiger partial charge in [-0.3, -0.25) is 9.10 Å². The summed E-state index contributed by atoms with van der Waals surface area (Å²) in [6.07, 6.45) is 0. The van der Waals surface area contributed by atoms with Crippen LogP contribution in [-0.4, -0.2) is 28.0 Å². The summed E-state index contributed by atoms with van der Waals surface area (Å²) in [5.74, 6) is 0.00620. The van der Waals surface area contributed by atoms with Crippen LogP contribution in [-0.2, 0) is 14.8 Å². The molecule has 0 aromatic heterocycles. The van der Waals surface area contributed by atoms with E-state index in [1.54, 1.807) is 55.5 Å². The molecule has 0 bridgehead atoms. The minimum absolute atomic E-state index is 0.0174. The quantitative estimate of drug-likeness (QED) is 0.509. The van der Waals surface area contributed by atoms with E-state index in [1.807, 2.05) is 0 Å². The molecule has 0 fully saturated rings. The number of rotatable bonds is 7. The first-order chi connectivity index (χ1) is 14.7. The Balaban J connectivity index is 1.95. The van der Waals surface area contributed by atoms with Gasteiger partial charge >= 0.3 is 0 Å². The number of ether oxygens (including phenoxy) is 1. The Hall–Kier alpha value is -2.74. The highest BCUT2D eigenvalue weighted by molar-refractivity contribution is 7.92. The molecule has 0 atom stereocenters. The van der Waals surface area contributed by atoms with Gasteiger partial charge in [-0.05, 0) is 73.2 Å². The SMILES string of the molecule is COc1ccc(S(=O)(=O)N(CC(=O)Nc2ccc(Cl)cc2C)c2cccc(Cl)c2)cc1. The van der Waals surface area contributed by atoms with Crippen molar-refractivity contribution in [2.45, 2.75) is 11.8 Å². The van der Waals surface area contributed by atoms with Gasteiger partial charge in [0, 0.05) is 15.7 Å². The molecule has 0 spiro atoms. The van der Waals surface area contributed by atoms with E-state index in [1.165, 1.54) is 25.3 Å². The Labute approximate surface area is 191 Å². The van der Waals surface area contributed by atoms with Crippen molar-refractivity contribution in [3.05, 3.63) is 82.3 Å². The molecule has 1 amide bonds. The van der Waals surface area contributed by atoms with Crippen LogP contribution < -0.4 is 14.4 Å². The summed E-state index contributed by atoms with van der Waals surface area (Å²) in [6.45, 7) is 1.35. The molecule has 1 N–H and O–H groups in total. The van der Waals surface area contributed by atoms with E-state index in [2.05, 4.69) is 5.32 Å². The number of methoxy groups -OCH3 is 1. The number of amides is 1. The highest BCUT2D eigenvalue weighted by atomic mass is 35.5. The second-order valence-corrected chi connectivity index (χ2v) is 9.41. The van der Waals surface area contributed by atoms with Crippen molar-refractivity contribution >= 4 is 50.5 Å². The molecule has 31 heavy (non-hydrogen) atoms. The Morgan fingerprint density at radius 3 is 2.29 bits per heavy atom. The van der Waals surface area contributed by atoms with E-state index in [0.717, 1.165) is 9.87 Å². The fraction of sp³-hybridized carbons (Fsp3) is 0.136. The lowest BCUT2D eigenvalue weighted by atomic mass is 10.2. The second kappa shape index (κ2) is 9.60. The molecule has 0 aliphatic carbocycles. The first kappa shape index (κ1) is 22.9. The molecule has 0 saturated heterocycles. The number of nitrogens with zero attached hydrogens (tertiary/aromatic N) is 1. The van der Waals surface area contributed by atoms with Crippen LogP contribution in [0.4, 0.5) is 11.4 Å². The van der Waals surface area contributed by atoms with Gasteiger partial charge < -0.3 is 10.1 Å². The van der Waals surface area contributed by atoms with Crippen LogP contribution >= 0.6 is 23.2 Å². The third-order valence-electron chi connectivity index (χ3n) is 4.49. The Kier molecular flexibility index (Phi) is 7.10. The Morgan fingerprint density at radius 2 is 1.68 bits per heavy atom. The molecule has 0 radical (unpaired) electrons. The summed E-state index contributed by atoms with van der Waals surface area (Å²) >= 11 is 12.0. The van der Waals surface area contributed by atoms with Gasteiger partial charge in [0.05, 0.1) is 17.7 Å². The van der Waals surface area contributed by atoms with Gasteiger partial charge in [0.1, 0.15) is 12.3 Å². The maximum absolute atomic E-state index is 13.4. The molecule has 3 rings (SSSR count). The first-order valence-electron chi connectivity index (χ1n) is 9.19. The molecule has 3 aromatic rings. The van der Waals surface area contributed by atoms with Crippen LogP contribution in [0, 0.1) is 6.92 Å². The van der Waals surface area contributed by atoms with Crippen LogP contribution in [0.5, 0.6) is 5.75 Å². The van der Waals surface area contributed by atoms with Crippen molar-refractivity contribution in [2.75, 3.05) is 23.3 Å². The molecular weight excluding hydrogens is 459 g/mol. The summed E-state index contributed by atoms with van der Waals surface area (Å²) in [5, 5.41) is 3.63. The monoisotopic (exact) mass is 478 g/mol. The average Bonchev–Trinajstić information content (AvgIpc) is 2.74. The molecule has 6 nitrogen and oxygen atoms in total. The largest absolute Gasteiger partial charge is 0.497 e. The fourth-order valence-corrected chi connectivity index (χ4v) is 4.73. The van der Waals surface area contributed by atoms with Crippen molar-refractivity contribution in [3.8, 4) is 5.75 Å². The minimum Gasteiger partial charge on any atom is -0.497 e. The van der Waals surface area contributed by atoms with E-state index in [9.17, 15) is 13.2 Å². The predicted molar refractivity (Wildman–Crippen MR) is 124 cm³/mol. The number of aryl methyl sites for hydroxylation is 1. The van der Waals surface area contributed by atoms with Gasteiger partial charge in [-0.25, -0.2) is 8.42 Å². The van der Waals surface area contributed by atoms with Crippen LogP contribution in [0.2, 0.25) is 10.0 Å². The van der Waals surface area contributed by atoms with E-state index in [4.69, 9.17) is 27.9 Å². The number of anilines is 2.